The van der Waals surface area contributed by atoms with Crippen LogP contribution in [-0.4, -0.2) is 106 Å². The van der Waals surface area contributed by atoms with Gasteiger partial charge in [0.05, 0.1) is 30.2 Å². The fourth-order valence-electron chi connectivity index (χ4n) is 5.40. The first-order valence-corrected chi connectivity index (χ1v) is 14.0. The maximum Gasteiger partial charge on any atom is 0.300 e. The van der Waals surface area contributed by atoms with Crippen molar-refractivity contribution in [1.82, 2.24) is 29.6 Å². The summed E-state index contributed by atoms with van der Waals surface area (Å²) in [6, 6.07) is 7.72. The molecule has 2 saturated heterocycles. The van der Waals surface area contributed by atoms with Gasteiger partial charge in [0.1, 0.15) is 11.6 Å². The standard InChI is InChI=1S/C28H35N9O4/c1-34-18-19(17-29-34)22-4-3-5-24(30-22)31-27(39)21-16-23-25(32-26(21)36-8-6-20(40-2)7-9-36)33-28(41-23)37-12-10-35(11-13-37)14-15-38/h3-5,16-18,20,38H,6-15H2,1-2H3,(H,30,31,39). The Morgan fingerprint density at radius 3 is 2.61 bits per heavy atom. The molecular weight excluding hydrogens is 526 g/mol. The number of hydrogen-bond acceptors (Lipinski definition) is 11. The quantitative estimate of drug-likeness (QED) is 0.327. The topological polar surface area (TPSA) is 138 Å². The van der Waals surface area contributed by atoms with E-state index in [0.29, 0.717) is 59.8 Å². The van der Waals surface area contributed by atoms with Crippen molar-refractivity contribution in [3.05, 3.63) is 42.2 Å². The molecule has 0 bridgehead atoms. The predicted octanol–water partition coefficient (Wildman–Crippen LogP) is 2.00. The molecule has 0 saturated carbocycles. The van der Waals surface area contributed by atoms with Gasteiger partial charge in [0.15, 0.2) is 5.58 Å². The van der Waals surface area contributed by atoms with Gasteiger partial charge >= 0.3 is 0 Å². The number of nitrogens with zero attached hydrogens (tertiary/aromatic N) is 8. The molecule has 0 atom stereocenters. The van der Waals surface area contributed by atoms with Gasteiger partial charge in [-0.15, -0.1) is 0 Å². The minimum Gasteiger partial charge on any atom is -0.422 e. The van der Waals surface area contributed by atoms with Gasteiger partial charge in [-0.05, 0) is 25.0 Å². The van der Waals surface area contributed by atoms with Crippen LogP contribution >= 0.6 is 0 Å². The molecule has 2 aliphatic heterocycles. The summed E-state index contributed by atoms with van der Waals surface area (Å²) in [5.41, 5.74) is 2.90. The number of ether oxygens (including phenoxy) is 1. The molecule has 6 heterocycles. The van der Waals surface area contributed by atoms with E-state index in [1.807, 2.05) is 25.4 Å². The number of methoxy groups -OCH3 is 1. The van der Waals surface area contributed by atoms with Crippen molar-refractivity contribution in [2.24, 2.45) is 7.05 Å². The van der Waals surface area contributed by atoms with E-state index in [4.69, 9.17) is 19.1 Å². The molecule has 2 aliphatic rings. The highest BCUT2D eigenvalue weighted by Gasteiger charge is 2.28. The minimum absolute atomic E-state index is 0.144. The van der Waals surface area contributed by atoms with Gasteiger partial charge in [0.2, 0.25) is 5.65 Å². The summed E-state index contributed by atoms with van der Waals surface area (Å²) in [6.07, 6.45) is 5.49. The monoisotopic (exact) mass is 561 g/mol. The molecule has 13 heteroatoms. The number of aliphatic hydroxyl groups is 1. The Balaban J connectivity index is 1.29. The predicted molar refractivity (Wildman–Crippen MR) is 154 cm³/mol. The van der Waals surface area contributed by atoms with E-state index < -0.39 is 0 Å². The van der Waals surface area contributed by atoms with Gasteiger partial charge in [0.25, 0.3) is 11.9 Å². The molecule has 1 amide bonds. The highest BCUT2D eigenvalue weighted by atomic mass is 16.5. The second kappa shape index (κ2) is 11.8. The third-order valence-corrected chi connectivity index (χ3v) is 7.72. The van der Waals surface area contributed by atoms with Crippen LogP contribution < -0.4 is 15.1 Å². The number of anilines is 3. The highest BCUT2D eigenvalue weighted by Crippen LogP contribution is 2.30. The van der Waals surface area contributed by atoms with E-state index in [-0.39, 0.29) is 18.6 Å². The Bertz CT molecular complexity index is 1500. The lowest BCUT2D eigenvalue weighted by molar-refractivity contribution is 0.0817. The number of hydrogen-bond donors (Lipinski definition) is 2. The molecule has 0 aliphatic carbocycles. The first kappa shape index (κ1) is 27.1. The normalized spacial score (nSPS) is 17.0. The second-order valence-corrected chi connectivity index (χ2v) is 10.4. The summed E-state index contributed by atoms with van der Waals surface area (Å²) in [5, 5.41) is 16.4. The highest BCUT2D eigenvalue weighted by molar-refractivity contribution is 6.08. The number of β-amino-alcohol motifs (C(OH)–C–C–N with tert-alkyl or cyclic N) is 1. The molecule has 2 N–H and O–H groups in total. The molecule has 2 fully saturated rings. The Kier molecular flexibility index (Phi) is 7.81. The molecule has 216 valence electrons. The van der Waals surface area contributed by atoms with Gasteiger partial charge < -0.3 is 29.4 Å². The molecule has 0 unspecified atom stereocenters. The third kappa shape index (κ3) is 5.87. The number of piperidine rings is 1. The van der Waals surface area contributed by atoms with Crippen molar-refractivity contribution in [2.75, 3.05) is 74.6 Å². The van der Waals surface area contributed by atoms with Crippen LogP contribution in [0.5, 0.6) is 0 Å². The number of aliphatic hydroxyl groups excluding tert-OH is 1. The van der Waals surface area contributed by atoms with Crippen LogP contribution in [-0.2, 0) is 11.8 Å². The summed E-state index contributed by atoms with van der Waals surface area (Å²) in [6.45, 7) is 5.31. The molecule has 13 nitrogen and oxygen atoms in total. The molecule has 6 rings (SSSR count). The number of carbonyl (C=O) groups is 1. The summed E-state index contributed by atoms with van der Waals surface area (Å²) in [4.78, 5) is 34.3. The van der Waals surface area contributed by atoms with Gasteiger partial charge in [0, 0.05) is 77.8 Å². The van der Waals surface area contributed by atoms with Crippen LogP contribution in [0.1, 0.15) is 23.2 Å². The van der Waals surface area contributed by atoms with Gasteiger partial charge in [-0.2, -0.15) is 10.1 Å². The average Bonchev–Trinajstić information content (AvgIpc) is 3.63. The number of amides is 1. The summed E-state index contributed by atoms with van der Waals surface area (Å²) in [5.74, 6) is 0.676. The van der Waals surface area contributed by atoms with Crippen LogP contribution in [0.2, 0.25) is 0 Å². The SMILES string of the molecule is COC1CCN(c2nc3nc(N4CCN(CCO)CC4)oc3cc2C(=O)Nc2cccc(-c3cnn(C)c3)n2)CC1. The zero-order valence-electron chi connectivity index (χ0n) is 23.4. The van der Waals surface area contributed by atoms with Crippen molar-refractivity contribution in [2.45, 2.75) is 18.9 Å². The lowest BCUT2D eigenvalue weighted by atomic mass is 10.1. The Labute approximate surface area is 237 Å². The number of oxazole rings is 1. The van der Waals surface area contributed by atoms with E-state index in [1.54, 1.807) is 30.1 Å². The molecule has 0 aromatic carbocycles. The summed E-state index contributed by atoms with van der Waals surface area (Å²) >= 11 is 0. The minimum atomic E-state index is -0.324. The first-order valence-electron chi connectivity index (χ1n) is 14.0. The van der Waals surface area contributed by atoms with Crippen molar-refractivity contribution >= 4 is 34.8 Å². The van der Waals surface area contributed by atoms with Crippen molar-refractivity contribution in [3.8, 4) is 11.3 Å². The van der Waals surface area contributed by atoms with Gasteiger partial charge in [-0.1, -0.05) is 6.07 Å². The molecular formula is C28H35N9O4. The van der Waals surface area contributed by atoms with Gasteiger partial charge in [-0.25, -0.2) is 9.97 Å². The molecule has 41 heavy (non-hydrogen) atoms. The zero-order valence-corrected chi connectivity index (χ0v) is 23.4. The third-order valence-electron chi connectivity index (χ3n) is 7.72. The first-order chi connectivity index (χ1) is 20.0. The number of pyridine rings is 2. The second-order valence-electron chi connectivity index (χ2n) is 10.4. The van der Waals surface area contributed by atoms with Gasteiger partial charge in [-0.3, -0.25) is 14.4 Å². The Morgan fingerprint density at radius 1 is 1.10 bits per heavy atom. The van der Waals surface area contributed by atoms with E-state index >= 15 is 0 Å². The number of carbonyl (C=O) groups excluding carboxylic acids is 1. The zero-order chi connectivity index (χ0) is 28.3. The van der Waals surface area contributed by atoms with E-state index in [2.05, 4.69) is 30.1 Å². The molecule has 0 radical (unpaired) electrons. The lowest BCUT2D eigenvalue weighted by Gasteiger charge is -2.33. The number of aryl methyl sites for hydroxylation is 1. The van der Waals surface area contributed by atoms with Crippen LogP contribution in [0.4, 0.5) is 17.7 Å². The molecule has 0 spiro atoms. The summed E-state index contributed by atoms with van der Waals surface area (Å²) < 4.78 is 13.4. The molecule has 4 aromatic rings. The van der Waals surface area contributed by atoms with Crippen LogP contribution in [0.25, 0.3) is 22.5 Å². The summed E-state index contributed by atoms with van der Waals surface area (Å²) in [7, 11) is 3.58. The smallest absolute Gasteiger partial charge is 0.300 e. The number of piperazine rings is 1. The number of rotatable bonds is 8. The van der Waals surface area contributed by atoms with Crippen LogP contribution in [0.15, 0.2) is 41.1 Å². The maximum atomic E-state index is 13.7. The van der Waals surface area contributed by atoms with Crippen LogP contribution in [0, 0.1) is 0 Å². The Morgan fingerprint density at radius 2 is 1.90 bits per heavy atom. The fraction of sp³-hybridized carbons (Fsp3) is 0.464. The lowest BCUT2D eigenvalue weighted by Crippen LogP contribution is -2.47. The van der Waals surface area contributed by atoms with E-state index in [0.717, 1.165) is 44.6 Å². The Hall–Kier alpha value is -4.07. The fourth-order valence-corrected chi connectivity index (χ4v) is 5.40. The average molecular weight is 562 g/mol. The van der Waals surface area contributed by atoms with Crippen molar-refractivity contribution in [1.29, 1.82) is 0 Å². The van der Waals surface area contributed by atoms with Crippen molar-refractivity contribution < 1.29 is 19.1 Å². The number of nitrogens with one attached hydrogen (secondary N) is 1. The van der Waals surface area contributed by atoms with E-state index in [9.17, 15) is 9.90 Å². The van der Waals surface area contributed by atoms with E-state index in [1.165, 1.54) is 0 Å². The van der Waals surface area contributed by atoms with Crippen molar-refractivity contribution in [3.63, 3.8) is 0 Å². The maximum absolute atomic E-state index is 13.7. The molecule has 4 aromatic heterocycles. The number of aromatic nitrogens is 5. The van der Waals surface area contributed by atoms with Crippen LogP contribution in [0.3, 0.4) is 0 Å². The largest absolute Gasteiger partial charge is 0.422 e. The number of fused-ring (bicyclic) bond motifs is 1.